The number of halogens is 1. The van der Waals surface area contributed by atoms with Crippen molar-refractivity contribution in [1.29, 1.82) is 0 Å². The molecule has 2 atom stereocenters. The van der Waals surface area contributed by atoms with E-state index in [-0.39, 0.29) is 19.6 Å². The first-order valence-corrected chi connectivity index (χ1v) is 12.4. The molecular weight excluding hydrogens is 510 g/mol. The highest BCUT2D eigenvalue weighted by molar-refractivity contribution is 6.32. The van der Waals surface area contributed by atoms with Crippen molar-refractivity contribution in [2.45, 2.75) is 32.2 Å². The van der Waals surface area contributed by atoms with Gasteiger partial charge in [-0.05, 0) is 49.4 Å². The molecule has 198 valence electrons. The molecule has 0 bridgehead atoms. The Kier molecular flexibility index (Phi) is 9.26. The third-order valence-electron chi connectivity index (χ3n) is 5.52. The summed E-state index contributed by atoms with van der Waals surface area (Å²) in [5.74, 6) is 0.991. The zero-order valence-corrected chi connectivity index (χ0v) is 21.4. The van der Waals surface area contributed by atoms with Crippen molar-refractivity contribution in [2.75, 3.05) is 18.5 Å². The van der Waals surface area contributed by atoms with Crippen molar-refractivity contribution in [3.05, 3.63) is 77.8 Å². The molecule has 2 heterocycles. The van der Waals surface area contributed by atoms with E-state index < -0.39 is 18.1 Å². The molecule has 0 aliphatic heterocycles. The van der Waals surface area contributed by atoms with Crippen LogP contribution in [0.25, 0.3) is 10.9 Å². The molecule has 4 N–H and O–H groups in total. The van der Waals surface area contributed by atoms with E-state index in [0.29, 0.717) is 45.5 Å². The first-order valence-electron chi connectivity index (χ1n) is 12.0. The van der Waals surface area contributed by atoms with Gasteiger partial charge in [-0.15, -0.1) is 0 Å². The number of rotatable bonds is 12. The van der Waals surface area contributed by atoms with Crippen molar-refractivity contribution < 1.29 is 24.5 Å². The van der Waals surface area contributed by atoms with Gasteiger partial charge in [-0.25, -0.2) is 9.97 Å². The van der Waals surface area contributed by atoms with E-state index in [1.807, 2.05) is 36.4 Å². The third-order valence-corrected chi connectivity index (χ3v) is 5.81. The van der Waals surface area contributed by atoms with Crippen LogP contribution in [-0.2, 0) is 11.4 Å². The smallest absolute Gasteiger partial charge is 0.249 e. The fraction of sp³-hybridized carbons (Fsp3) is 0.259. The van der Waals surface area contributed by atoms with Gasteiger partial charge in [0.15, 0.2) is 0 Å². The van der Waals surface area contributed by atoms with Crippen molar-refractivity contribution >= 4 is 39.9 Å². The van der Waals surface area contributed by atoms with E-state index in [1.165, 1.54) is 6.33 Å². The van der Waals surface area contributed by atoms with Crippen LogP contribution in [0.1, 0.15) is 19.0 Å². The molecule has 0 saturated carbocycles. The van der Waals surface area contributed by atoms with Gasteiger partial charge in [0.05, 0.1) is 28.2 Å². The average molecular weight is 538 g/mol. The lowest BCUT2D eigenvalue weighted by atomic mass is 10.2. The Morgan fingerprint density at radius 2 is 1.95 bits per heavy atom. The zero-order chi connectivity index (χ0) is 26.9. The number of pyridine rings is 1. The Hall–Kier alpha value is -3.99. The van der Waals surface area contributed by atoms with Gasteiger partial charge in [-0.2, -0.15) is 0 Å². The van der Waals surface area contributed by atoms with E-state index in [2.05, 4.69) is 25.6 Å². The number of carbonyl (C=O) groups is 1. The number of hydrogen-bond donors (Lipinski definition) is 4. The molecule has 0 spiro atoms. The maximum atomic E-state index is 11.9. The summed E-state index contributed by atoms with van der Waals surface area (Å²) in [5.41, 5.74) is 2.14. The predicted octanol–water partition coefficient (Wildman–Crippen LogP) is 3.63. The number of benzene rings is 2. The van der Waals surface area contributed by atoms with Gasteiger partial charge < -0.3 is 30.3 Å². The molecule has 11 heteroatoms. The highest BCUT2D eigenvalue weighted by atomic mass is 35.5. The molecular formula is C27H28ClN5O5. The summed E-state index contributed by atoms with van der Waals surface area (Å²) < 4.78 is 11.9. The standard InChI is InChI=1S/C27H28ClN5O5/c1-17(14-30-27(36)22(35)10-12-34)38-24-7-4-6-21-25(24)26(32-16-31-21)33-18-8-9-23(20(28)13-18)37-15-19-5-2-3-11-29-19/h2-9,11,13,16-17,22,34-35H,10,12,14-15H2,1H3,(H,30,36)(H,31,32,33)/t17-,22-/m0/s1. The van der Waals surface area contributed by atoms with Crippen molar-refractivity contribution in [3.63, 3.8) is 0 Å². The molecule has 38 heavy (non-hydrogen) atoms. The Balaban J connectivity index is 1.47. The number of hydrogen-bond acceptors (Lipinski definition) is 9. The zero-order valence-electron chi connectivity index (χ0n) is 20.7. The van der Waals surface area contributed by atoms with E-state index >= 15 is 0 Å². The largest absolute Gasteiger partial charge is 0.488 e. The fourth-order valence-corrected chi connectivity index (χ4v) is 3.85. The minimum atomic E-state index is -1.27. The Morgan fingerprint density at radius 1 is 1.08 bits per heavy atom. The maximum Gasteiger partial charge on any atom is 0.249 e. The number of nitrogens with one attached hydrogen (secondary N) is 2. The van der Waals surface area contributed by atoms with Crippen molar-refractivity contribution in [2.24, 2.45) is 0 Å². The first kappa shape index (κ1) is 27.1. The molecule has 10 nitrogen and oxygen atoms in total. The van der Waals surface area contributed by atoms with Gasteiger partial charge in [0.25, 0.3) is 0 Å². The maximum absolute atomic E-state index is 11.9. The number of carbonyl (C=O) groups excluding carboxylic acids is 1. The van der Waals surface area contributed by atoms with Gasteiger partial charge in [0.2, 0.25) is 5.91 Å². The molecule has 0 fully saturated rings. The number of anilines is 2. The SMILES string of the molecule is C[C@@H](CNC(=O)[C@@H](O)CCO)Oc1cccc2ncnc(Nc3ccc(OCc4ccccn4)c(Cl)c3)c12. The van der Waals surface area contributed by atoms with Crippen LogP contribution in [0.5, 0.6) is 11.5 Å². The van der Waals surface area contributed by atoms with Crippen LogP contribution in [-0.4, -0.2) is 56.4 Å². The summed E-state index contributed by atoms with van der Waals surface area (Å²) >= 11 is 6.47. The normalized spacial score (nSPS) is 12.5. The second kappa shape index (κ2) is 13.0. The van der Waals surface area contributed by atoms with Crippen LogP contribution in [0.4, 0.5) is 11.5 Å². The van der Waals surface area contributed by atoms with Gasteiger partial charge >= 0.3 is 0 Å². The number of nitrogens with zero attached hydrogens (tertiary/aromatic N) is 3. The van der Waals surface area contributed by atoms with Crippen LogP contribution in [0, 0.1) is 0 Å². The molecule has 4 aromatic rings. The molecule has 0 radical (unpaired) electrons. The Morgan fingerprint density at radius 3 is 2.71 bits per heavy atom. The molecule has 0 unspecified atom stereocenters. The number of ether oxygens (including phenoxy) is 2. The van der Waals surface area contributed by atoms with Gasteiger partial charge in [0, 0.05) is 24.9 Å². The van der Waals surface area contributed by atoms with Crippen LogP contribution in [0.3, 0.4) is 0 Å². The molecule has 2 aromatic carbocycles. The lowest BCUT2D eigenvalue weighted by Gasteiger charge is -2.19. The van der Waals surface area contributed by atoms with E-state index in [9.17, 15) is 9.90 Å². The lowest BCUT2D eigenvalue weighted by molar-refractivity contribution is -0.130. The van der Waals surface area contributed by atoms with E-state index in [1.54, 1.807) is 31.3 Å². The van der Waals surface area contributed by atoms with Gasteiger partial charge in [-0.1, -0.05) is 23.7 Å². The summed E-state index contributed by atoms with van der Waals surface area (Å²) in [5, 5.41) is 25.6. The van der Waals surface area contributed by atoms with Gasteiger partial charge in [-0.3, -0.25) is 9.78 Å². The highest BCUT2D eigenvalue weighted by Crippen LogP contribution is 2.34. The average Bonchev–Trinajstić information content (AvgIpc) is 2.92. The second-order valence-corrected chi connectivity index (χ2v) is 8.86. The second-order valence-electron chi connectivity index (χ2n) is 8.45. The topological polar surface area (TPSA) is 139 Å². The Bertz CT molecular complexity index is 1370. The van der Waals surface area contributed by atoms with E-state index in [4.69, 9.17) is 26.2 Å². The predicted molar refractivity (Wildman–Crippen MR) is 144 cm³/mol. The number of amides is 1. The molecule has 2 aromatic heterocycles. The summed E-state index contributed by atoms with van der Waals surface area (Å²) in [7, 11) is 0. The van der Waals surface area contributed by atoms with E-state index in [0.717, 1.165) is 5.69 Å². The minimum absolute atomic E-state index is 0.0296. The van der Waals surface area contributed by atoms with Crippen LogP contribution in [0.15, 0.2) is 67.1 Å². The summed E-state index contributed by atoms with van der Waals surface area (Å²) in [6, 6.07) is 16.4. The first-order chi connectivity index (χ1) is 18.4. The number of aliphatic hydroxyl groups excluding tert-OH is 2. The summed E-state index contributed by atoms with van der Waals surface area (Å²) in [6.45, 7) is 1.96. The molecule has 4 rings (SSSR count). The quantitative estimate of drug-likeness (QED) is 0.213. The highest BCUT2D eigenvalue weighted by Gasteiger charge is 2.17. The number of aromatic nitrogens is 3. The fourth-order valence-electron chi connectivity index (χ4n) is 3.61. The Labute approximate surface area is 224 Å². The number of aliphatic hydroxyl groups is 2. The monoisotopic (exact) mass is 537 g/mol. The molecule has 0 aliphatic carbocycles. The van der Waals surface area contributed by atoms with Gasteiger partial charge in [0.1, 0.15) is 42.5 Å². The lowest BCUT2D eigenvalue weighted by Crippen LogP contribution is -2.40. The number of fused-ring (bicyclic) bond motifs is 1. The van der Waals surface area contributed by atoms with Crippen molar-refractivity contribution in [1.82, 2.24) is 20.3 Å². The van der Waals surface area contributed by atoms with Crippen LogP contribution >= 0.6 is 11.6 Å². The van der Waals surface area contributed by atoms with Crippen LogP contribution in [0.2, 0.25) is 5.02 Å². The molecule has 1 amide bonds. The molecule has 0 saturated heterocycles. The molecule has 0 aliphatic rings. The summed E-state index contributed by atoms with van der Waals surface area (Å²) in [4.78, 5) is 24.9. The third kappa shape index (κ3) is 7.06. The van der Waals surface area contributed by atoms with Crippen molar-refractivity contribution in [3.8, 4) is 11.5 Å². The van der Waals surface area contributed by atoms with Crippen LogP contribution < -0.4 is 20.1 Å². The minimum Gasteiger partial charge on any atom is -0.488 e. The summed E-state index contributed by atoms with van der Waals surface area (Å²) in [6.07, 6.45) is 1.43.